The molecule has 0 aliphatic heterocycles. The lowest BCUT2D eigenvalue weighted by Crippen LogP contribution is -2.15. The topological polar surface area (TPSA) is 103 Å². The number of benzene rings is 3. The molecule has 0 aliphatic rings. The number of urea groups is 1. The summed E-state index contributed by atoms with van der Waals surface area (Å²) < 4.78 is 11.1. The molecule has 0 unspecified atom stereocenters. The number of halogens is 4. The van der Waals surface area contributed by atoms with Crippen molar-refractivity contribution in [2.75, 3.05) is 11.9 Å². The maximum absolute atomic E-state index is 12.5. The number of rotatable bonds is 6. The predicted molar refractivity (Wildman–Crippen MR) is 133 cm³/mol. The number of nitro benzene ring substituents is 1. The molecule has 0 spiro atoms. The summed E-state index contributed by atoms with van der Waals surface area (Å²) in [6.07, 6.45) is 0. The molecule has 0 aromatic heterocycles. The van der Waals surface area contributed by atoms with Crippen LogP contribution in [-0.4, -0.2) is 23.5 Å². The molecule has 34 heavy (non-hydrogen) atoms. The third-order valence-electron chi connectivity index (χ3n) is 4.19. The van der Waals surface area contributed by atoms with Crippen molar-refractivity contribution in [3.8, 4) is 11.5 Å². The molecule has 3 aromatic rings. The third-order valence-corrected chi connectivity index (χ3v) is 5.42. The molecule has 0 saturated heterocycles. The van der Waals surface area contributed by atoms with Gasteiger partial charge in [-0.05, 0) is 43.3 Å². The van der Waals surface area contributed by atoms with Crippen LogP contribution in [0.5, 0.6) is 11.5 Å². The number of anilines is 1. The standard InChI is InChI=1S/C22H15Cl4N3O5/c1-2-33-21(20-14(23)4-3-5-15(20)24)28-22(30)27-12-6-9-19(17(26)10-12)34-13-7-8-18(29(31)32)16(25)11-13/h3-11H,2H2,1H3,(H,27,30). The van der Waals surface area contributed by atoms with Crippen molar-refractivity contribution < 1.29 is 19.2 Å². The maximum atomic E-state index is 12.5. The number of ether oxygens (including phenoxy) is 2. The Morgan fingerprint density at radius 3 is 2.29 bits per heavy atom. The van der Waals surface area contributed by atoms with Gasteiger partial charge in [0.25, 0.3) is 5.69 Å². The first kappa shape index (κ1) is 25.6. The Bertz CT molecular complexity index is 1260. The van der Waals surface area contributed by atoms with Crippen LogP contribution in [0, 0.1) is 10.1 Å². The van der Waals surface area contributed by atoms with Crippen LogP contribution in [0.2, 0.25) is 20.1 Å². The normalized spacial score (nSPS) is 11.1. The monoisotopic (exact) mass is 541 g/mol. The second-order valence-corrected chi connectivity index (χ2v) is 8.12. The van der Waals surface area contributed by atoms with Crippen molar-refractivity contribution in [1.82, 2.24) is 0 Å². The Kier molecular flexibility index (Phi) is 8.57. The fraction of sp³-hybridized carbons (Fsp3) is 0.0909. The molecule has 0 heterocycles. The zero-order valence-corrected chi connectivity index (χ0v) is 20.4. The molecule has 0 atom stereocenters. The third kappa shape index (κ3) is 6.30. The van der Waals surface area contributed by atoms with Gasteiger partial charge < -0.3 is 14.8 Å². The molecule has 0 saturated carbocycles. The highest BCUT2D eigenvalue weighted by molar-refractivity contribution is 6.40. The van der Waals surface area contributed by atoms with Crippen LogP contribution in [0.3, 0.4) is 0 Å². The lowest BCUT2D eigenvalue weighted by atomic mass is 10.2. The summed E-state index contributed by atoms with van der Waals surface area (Å²) in [6, 6.07) is 12.5. The van der Waals surface area contributed by atoms with Crippen LogP contribution in [0.25, 0.3) is 0 Å². The minimum atomic E-state index is -0.744. The largest absolute Gasteiger partial charge is 0.477 e. The lowest BCUT2D eigenvalue weighted by Gasteiger charge is -2.12. The molecule has 0 radical (unpaired) electrons. The summed E-state index contributed by atoms with van der Waals surface area (Å²) in [5, 5.41) is 14.1. The number of amides is 2. The van der Waals surface area contributed by atoms with Crippen LogP contribution < -0.4 is 10.1 Å². The molecule has 0 fully saturated rings. The summed E-state index contributed by atoms with van der Waals surface area (Å²) in [6.45, 7) is 1.97. The van der Waals surface area contributed by atoms with Gasteiger partial charge >= 0.3 is 6.03 Å². The number of carbonyl (C=O) groups is 1. The first-order valence-corrected chi connectivity index (χ1v) is 11.1. The van der Waals surface area contributed by atoms with E-state index in [1.54, 1.807) is 25.1 Å². The number of hydrogen-bond donors (Lipinski definition) is 1. The van der Waals surface area contributed by atoms with E-state index in [2.05, 4.69) is 10.3 Å². The van der Waals surface area contributed by atoms with Gasteiger partial charge in [-0.2, -0.15) is 4.99 Å². The summed E-state index contributed by atoms with van der Waals surface area (Å²) in [4.78, 5) is 26.7. The van der Waals surface area contributed by atoms with Gasteiger partial charge in [0, 0.05) is 17.8 Å². The van der Waals surface area contributed by atoms with Crippen molar-refractivity contribution in [2.24, 2.45) is 4.99 Å². The maximum Gasteiger partial charge on any atom is 0.348 e. The summed E-state index contributed by atoms with van der Waals surface area (Å²) in [5.41, 5.74) is 0.378. The number of nitrogens with one attached hydrogen (secondary N) is 1. The van der Waals surface area contributed by atoms with Crippen molar-refractivity contribution in [3.63, 3.8) is 0 Å². The Morgan fingerprint density at radius 1 is 1.00 bits per heavy atom. The average molecular weight is 543 g/mol. The Balaban J connectivity index is 1.77. The van der Waals surface area contributed by atoms with Gasteiger partial charge in [-0.1, -0.05) is 52.5 Å². The van der Waals surface area contributed by atoms with E-state index in [9.17, 15) is 14.9 Å². The second kappa shape index (κ2) is 11.4. The minimum absolute atomic E-state index is 0.0308. The van der Waals surface area contributed by atoms with E-state index in [1.807, 2.05) is 0 Å². The van der Waals surface area contributed by atoms with E-state index in [-0.39, 0.29) is 49.8 Å². The summed E-state index contributed by atoms with van der Waals surface area (Å²) in [5.74, 6) is 0.458. The molecule has 1 N–H and O–H groups in total. The molecule has 3 rings (SSSR count). The fourth-order valence-corrected chi connectivity index (χ4v) is 3.75. The first-order valence-electron chi connectivity index (χ1n) is 9.57. The van der Waals surface area contributed by atoms with Crippen LogP contribution in [0.15, 0.2) is 59.6 Å². The van der Waals surface area contributed by atoms with Crippen molar-refractivity contribution in [2.45, 2.75) is 6.92 Å². The highest BCUT2D eigenvalue weighted by Crippen LogP contribution is 2.35. The zero-order chi connectivity index (χ0) is 24.8. The van der Waals surface area contributed by atoms with E-state index in [4.69, 9.17) is 55.9 Å². The van der Waals surface area contributed by atoms with Gasteiger partial charge in [0.05, 0.1) is 32.2 Å². The van der Waals surface area contributed by atoms with Crippen molar-refractivity contribution >= 4 is 69.7 Å². The average Bonchev–Trinajstić information content (AvgIpc) is 2.75. The number of nitrogens with zero attached hydrogens (tertiary/aromatic N) is 2. The number of aliphatic imine (C=N–C) groups is 1. The highest BCUT2D eigenvalue weighted by Gasteiger charge is 2.17. The van der Waals surface area contributed by atoms with Crippen LogP contribution >= 0.6 is 46.4 Å². The van der Waals surface area contributed by atoms with Crippen LogP contribution in [-0.2, 0) is 4.74 Å². The minimum Gasteiger partial charge on any atom is -0.477 e. The van der Waals surface area contributed by atoms with Gasteiger partial charge in [0.15, 0.2) is 0 Å². The van der Waals surface area contributed by atoms with Crippen LogP contribution in [0.1, 0.15) is 12.5 Å². The number of carbonyl (C=O) groups excluding carboxylic acids is 1. The predicted octanol–water partition coefficient (Wildman–Crippen LogP) is 8.02. The Morgan fingerprint density at radius 2 is 1.71 bits per heavy atom. The summed E-state index contributed by atoms with van der Waals surface area (Å²) >= 11 is 24.5. The van der Waals surface area contributed by atoms with E-state index < -0.39 is 11.0 Å². The molecule has 0 aliphatic carbocycles. The van der Waals surface area contributed by atoms with E-state index >= 15 is 0 Å². The Labute approximate surface area is 214 Å². The van der Waals surface area contributed by atoms with Crippen LogP contribution in [0.4, 0.5) is 16.2 Å². The van der Waals surface area contributed by atoms with E-state index in [1.165, 1.54) is 36.4 Å². The SMILES string of the molecule is CCOC(=NC(=O)Nc1ccc(Oc2ccc([N+](=O)[O-])c(Cl)c2)c(Cl)c1)c1c(Cl)cccc1Cl. The molecule has 2 amide bonds. The van der Waals surface area contributed by atoms with Gasteiger partial charge in [-0.3, -0.25) is 10.1 Å². The second-order valence-electron chi connectivity index (χ2n) is 6.49. The van der Waals surface area contributed by atoms with E-state index in [0.29, 0.717) is 11.3 Å². The van der Waals surface area contributed by atoms with Crippen molar-refractivity contribution in [1.29, 1.82) is 0 Å². The van der Waals surface area contributed by atoms with Crippen molar-refractivity contribution in [3.05, 3.63) is 90.4 Å². The Hall–Kier alpha value is -3.04. The fourth-order valence-electron chi connectivity index (χ4n) is 2.73. The molecular weight excluding hydrogens is 528 g/mol. The van der Waals surface area contributed by atoms with Gasteiger partial charge in [-0.25, -0.2) is 4.79 Å². The molecule has 176 valence electrons. The first-order chi connectivity index (χ1) is 16.2. The van der Waals surface area contributed by atoms with E-state index in [0.717, 1.165) is 0 Å². The van der Waals surface area contributed by atoms with Gasteiger partial charge in [-0.15, -0.1) is 0 Å². The van der Waals surface area contributed by atoms with Gasteiger partial charge in [0.1, 0.15) is 16.5 Å². The molecule has 12 heteroatoms. The molecule has 0 bridgehead atoms. The molecular formula is C22H15Cl4N3O5. The summed E-state index contributed by atoms with van der Waals surface area (Å²) in [7, 11) is 0. The lowest BCUT2D eigenvalue weighted by molar-refractivity contribution is -0.384. The zero-order valence-electron chi connectivity index (χ0n) is 17.4. The highest BCUT2D eigenvalue weighted by atomic mass is 35.5. The number of hydrogen-bond acceptors (Lipinski definition) is 5. The smallest absolute Gasteiger partial charge is 0.348 e. The number of nitro groups is 1. The quantitative estimate of drug-likeness (QED) is 0.147. The molecule has 3 aromatic carbocycles. The molecule has 8 nitrogen and oxygen atoms in total. The van der Waals surface area contributed by atoms with Gasteiger partial charge in [0.2, 0.25) is 5.90 Å².